The molecule has 0 aliphatic heterocycles. The van der Waals surface area contributed by atoms with Gasteiger partial charge in [0.2, 0.25) is 0 Å². The lowest BCUT2D eigenvalue weighted by Crippen LogP contribution is -2.18. The standard InChI is InChI=1S/C21H16FN3O5S3/c1-32(27,28)15-10-11-18-19(12-15)31-21(23-18)24-20(26)16-4-2-3-5-17(16)25-33(29,30)14-8-6-13(22)7-9-14/h2-12,25H,1H3,(H,23,24,26). The van der Waals surface area contributed by atoms with Crippen LogP contribution < -0.4 is 10.0 Å². The summed E-state index contributed by atoms with van der Waals surface area (Å²) in [4.78, 5) is 17.1. The number of carbonyl (C=O) groups is 1. The van der Waals surface area contributed by atoms with Crippen LogP contribution >= 0.6 is 11.3 Å². The molecule has 0 aliphatic carbocycles. The number of anilines is 2. The van der Waals surface area contributed by atoms with Gasteiger partial charge in [-0.3, -0.25) is 14.8 Å². The number of sulfonamides is 1. The lowest BCUT2D eigenvalue weighted by molar-refractivity contribution is 0.102. The number of halogens is 1. The van der Waals surface area contributed by atoms with Crippen molar-refractivity contribution in [2.24, 2.45) is 0 Å². The molecule has 12 heteroatoms. The predicted molar refractivity (Wildman–Crippen MR) is 124 cm³/mol. The number of hydrogen-bond donors (Lipinski definition) is 2. The Hall–Kier alpha value is -3.35. The van der Waals surface area contributed by atoms with Gasteiger partial charge in [-0.2, -0.15) is 0 Å². The Labute approximate surface area is 193 Å². The highest BCUT2D eigenvalue weighted by atomic mass is 32.2. The lowest BCUT2D eigenvalue weighted by atomic mass is 10.2. The second-order valence-corrected chi connectivity index (χ2v) is 11.7. The van der Waals surface area contributed by atoms with Gasteiger partial charge in [-0.15, -0.1) is 0 Å². The van der Waals surface area contributed by atoms with Crippen LogP contribution in [0.5, 0.6) is 0 Å². The van der Waals surface area contributed by atoms with Gasteiger partial charge in [-0.1, -0.05) is 23.5 Å². The number of thiazole rings is 1. The molecule has 0 radical (unpaired) electrons. The number of amides is 1. The fourth-order valence-electron chi connectivity index (χ4n) is 2.94. The second-order valence-electron chi connectivity index (χ2n) is 6.98. The summed E-state index contributed by atoms with van der Waals surface area (Å²) in [5, 5.41) is 2.83. The van der Waals surface area contributed by atoms with E-state index in [1.807, 2.05) is 0 Å². The third kappa shape index (κ3) is 5.02. The van der Waals surface area contributed by atoms with Crippen LogP contribution in [0.25, 0.3) is 10.2 Å². The number of fused-ring (bicyclic) bond motifs is 1. The van der Waals surface area contributed by atoms with E-state index in [0.29, 0.717) is 10.2 Å². The fraction of sp³-hybridized carbons (Fsp3) is 0.0476. The molecule has 3 aromatic carbocycles. The fourth-order valence-corrected chi connectivity index (χ4v) is 5.64. The van der Waals surface area contributed by atoms with Gasteiger partial charge in [-0.25, -0.2) is 26.2 Å². The summed E-state index contributed by atoms with van der Waals surface area (Å²) in [5.74, 6) is -1.19. The Morgan fingerprint density at radius 3 is 2.30 bits per heavy atom. The number of hydrogen-bond acceptors (Lipinski definition) is 7. The molecule has 0 fully saturated rings. The van der Waals surface area contributed by atoms with E-state index in [0.717, 1.165) is 41.9 Å². The van der Waals surface area contributed by atoms with Crippen LogP contribution in [0.1, 0.15) is 10.4 Å². The maximum Gasteiger partial charge on any atom is 0.261 e. The number of rotatable bonds is 6. The Morgan fingerprint density at radius 2 is 1.61 bits per heavy atom. The monoisotopic (exact) mass is 505 g/mol. The molecule has 170 valence electrons. The van der Waals surface area contributed by atoms with Crippen molar-refractivity contribution in [3.8, 4) is 0 Å². The zero-order valence-electron chi connectivity index (χ0n) is 16.9. The minimum atomic E-state index is -4.06. The van der Waals surface area contributed by atoms with Crippen molar-refractivity contribution in [1.82, 2.24) is 4.98 Å². The van der Waals surface area contributed by atoms with E-state index in [4.69, 9.17) is 0 Å². The highest BCUT2D eigenvalue weighted by molar-refractivity contribution is 7.92. The smallest absolute Gasteiger partial charge is 0.261 e. The molecule has 0 spiro atoms. The summed E-state index contributed by atoms with van der Waals surface area (Å²) in [5.41, 5.74) is 0.576. The van der Waals surface area contributed by atoms with E-state index in [1.165, 1.54) is 24.3 Å². The summed E-state index contributed by atoms with van der Waals surface area (Å²) < 4.78 is 64.9. The van der Waals surface area contributed by atoms with Crippen LogP contribution in [-0.4, -0.2) is 34.0 Å². The van der Waals surface area contributed by atoms with Gasteiger partial charge >= 0.3 is 0 Å². The minimum absolute atomic E-state index is 0.0276. The summed E-state index contributed by atoms with van der Waals surface area (Å²) in [6, 6.07) is 14.7. The number of sulfone groups is 1. The molecule has 2 N–H and O–H groups in total. The number of para-hydroxylation sites is 1. The third-order valence-electron chi connectivity index (χ3n) is 4.55. The largest absolute Gasteiger partial charge is 0.298 e. The quantitative estimate of drug-likeness (QED) is 0.410. The lowest BCUT2D eigenvalue weighted by Gasteiger charge is -2.12. The van der Waals surface area contributed by atoms with Crippen LogP contribution in [0.4, 0.5) is 15.2 Å². The molecule has 0 saturated carbocycles. The van der Waals surface area contributed by atoms with Gasteiger partial charge in [0, 0.05) is 6.26 Å². The van der Waals surface area contributed by atoms with Crippen molar-refractivity contribution in [3.05, 3.63) is 78.1 Å². The molecule has 1 aromatic heterocycles. The zero-order valence-corrected chi connectivity index (χ0v) is 19.4. The maximum absolute atomic E-state index is 13.1. The molecule has 0 aliphatic rings. The molecule has 0 saturated heterocycles. The third-order valence-corrected chi connectivity index (χ3v) is 7.97. The van der Waals surface area contributed by atoms with Crippen LogP contribution in [0, 0.1) is 5.82 Å². The maximum atomic E-state index is 13.1. The van der Waals surface area contributed by atoms with Crippen LogP contribution in [0.15, 0.2) is 76.5 Å². The normalized spacial score (nSPS) is 11.9. The molecule has 4 rings (SSSR count). The zero-order chi connectivity index (χ0) is 23.8. The molecule has 4 aromatic rings. The van der Waals surface area contributed by atoms with Crippen LogP contribution in [0.2, 0.25) is 0 Å². The molecule has 1 heterocycles. The summed E-state index contributed by atoms with van der Waals surface area (Å²) in [7, 11) is -7.46. The van der Waals surface area contributed by atoms with Gasteiger partial charge in [0.1, 0.15) is 5.82 Å². The van der Waals surface area contributed by atoms with Crippen LogP contribution in [0.3, 0.4) is 0 Å². The van der Waals surface area contributed by atoms with Crippen molar-refractivity contribution in [2.45, 2.75) is 9.79 Å². The topological polar surface area (TPSA) is 122 Å². The van der Waals surface area contributed by atoms with Gasteiger partial charge < -0.3 is 0 Å². The average Bonchev–Trinajstić information content (AvgIpc) is 3.15. The van der Waals surface area contributed by atoms with E-state index < -0.39 is 31.6 Å². The molecule has 1 amide bonds. The molecule has 0 unspecified atom stereocenters. The van der Waals surface area contributed by atoms with E-state index in [9.17, 15) is 26.0 Å². The highest BCUT2D eigenvalue weighted by Gasteiger charge is 2.20. The Morgan fingerprint density at radius 1 is 0.939 bits per heavy atom. The molecule has 0 bridgehead atoms. The first-order chi connectivity index (χ1) is 15.5. The Balaban J connectivity index is 1.60. The van der Waals surface area contributed by atoms with E-state index in [-0.39, 0.29) is 26.2 Å². The van der Waals surface area contributed by atoms with Crippen molar-refractivity contribution >= 4 is 58.1 Å². The van der Waals surface area contributed by atoms with E-state index in [2.05, 4.69) is 15.0 Å². The van der Waals surface area contributed by atoms with Crippen molar-refractivity contribution in [1.29, 1.82) is 0 Å². The van der Waals surface area contributed by atoms with Crippen molar-refractivity contribution < 1.29 is 26.0 Å². The van der Waals surface area contributed by atoms with Crippen molar-refractivity contribution in [3.63, 3.8) is 0 Å². The molecular formula is C21H16FN3O5S3. The number of benzene rings is 3. The number of aromatic nitrogens is 1. The van der Waals surface area contributed by atoms with Gasteiger partial charge in [-0.05, 0) is 54.6 Å². The summed E-state index contributed by atoms with van der Waals surface area (Å²) >= 11 is 1.09. The highest BCUT2D eigenvalue weighted by Crippen LogP contribution is 2.29. The molecule has 33 heavy (non-hydrogen) atoms. The number of nitrogens with zero attached hydrogens (tertiary/aromatic N) is 1. The summed E-state index contributed by atoms with van der Waals surface area (Å²) in [6.07, 6.45) is 1.10. The SMILES string of the molecule is CS(=O)(=O)c1ccc2nc(NC(=O)c3ccccc3NS(=O)(=O)c3ccc(F)cc3)sc2c1. The Bertz CT molecular complexity index is 1580. The van der Waals surface area contributed by atoms with Gasteiger partial charge in [0.25, 0.3) is 15.9 Å². The predicted octanol–water partition coefficient (Wildman–Crippen LogP) is 3.89. The van der Waals surface area contributed by atoms with Crippen molar-refractivity contribution in [2.75, 3.05) is 16.3 Å². The van der Waals surface area contributed by atoms with Gasteiger partial charge in [0.05, 0.1) is 31.3 Å². The molecule has 8 nitrogen and oxygen atoms in total. The van der Waals surface area contributed by atoms with E-state index in [1.54, 1.807) is 18.2 Å². The Kier molecular flexibility index (Phi) is 5.91. The first kappa shape index (κ1) is 22.8. The first-order valence-electron chi connectivity index (χ1n) is 9.32. The van der Waals surface area contributed by atoms with E-state index >= 15 is 0 Å². The molecule has 0 atom stereocenters. The average molecular weight is 506 g/mol. The number of carbonyl (C=O) groups excluding carboxylic acids is 1. The minimum Gasteiger partial charge on any atom is -0.298 e. The van der Waals surface area contributed by atoms with Crippen LogP contribution in [-0.2, 0) is 19.9 Å². The second kappa shape index (κ2) is 8.54. The number of nitrogens with one attached hydrogen (secondary N) is 2. The van der Waals surface area contributed by atoms with Gasteiger partial charge in [0.15, 0.2) is 15.0 Å². The summed E-state index contributed by atoms with van der Waals surface area (Å²) in [6.45, 7) is 0. The first-order valence-corrected chi connectivity index (χ1v) is 13.5. The molecular weight excluding hydrogens is 489 g/mol.